The first-order valence-corrected chi connectivity index (χ1v) is 7.42. The van der Waals surface area contributed by atoms with Crippen LogP contribution in [0.2, 0.25) is 0 Å². The molecule has 0 bridgehead atoms. The third-order valence-corrected chi connectivity index (χ3v) is 3.57. The van der Waals surface area contributed by atoms with Crippen molar-refractivity contribution in [1.82, 2.24) is 25.7 Å². The number of carbonyl (C=O) groups excluding carboxylic acids is 1. The number of rotatable bonds is 5. The zero-order valence-corrected chi connectivity index (χ0v) is 12.2. The Morgan fingerprint density at radius 1 is 1.36 bits per heavy atom. The maximum absolute atomic E-state index is 12.0. The van der Waals surface area contributed by atoms with Crippen LogP contribution in [0.3, 0.4) is 0 Å². The summed E-state index contributed by atoms with van der Waals surface area (Å²) in [6.07, 6.45) is 6.36. The summed E-state index contributed by atoms with van der Waals surface area (Å²) >= 11 is 0. The molecule has 1 fully saturated rings. The van der Waals surface area contributed by atoms with Gasteiger partial charge in [0.2, 0.25) is 0 Å². The molecule has 0 aromatic carbocycles. The molecule has 0 unspecified atom stereocenters. The van der Waals surface area contributed by atoms with Crippen LogP contribution in [0.4, 0.5) is 16.3 Å². The van der Waals surface area contributed by atoms with Gasteiger partial charge in [0.15, 0.2) is 5.82 Å². The zero-order valence-electron chi connectivity index (χ0n) is 12.2. The lowest BCUT2D eigenvalue weighted by Crippen LogP contribution is -2.31. The maximum Gasteiger partial charge on any atom is 0.319 e. The Balaban J connectivity index is 1.54. The van der Waals surface area contributed by atoms with Gasteiger partial charge >= 0.3 is 6.03 Å². The van der Waals surface area contributed by atoms with Crippen molar-refractivity contribution in [3.8, 4) is 0 Å². The van der Waals surface area contributed by atoms with E-state index in [1.54, 1.807) is 12.4 Å². The molecule has 2 amide bonds. The monoisotopic (exact) mass is 301 g/mol. The number of pyridine rings is 1. The number of carbonyl (C=O) groups is 1. The smallest absolute Gasteiger partial charge is 0.319 e. The van der Waals surface area contributed by atoms with E-state index in [0.717, 1.165) is 30.3 Å². The summed E-state index contributed by atoms with van der Waals surface area (Å²) in [5, 5.41) is 15.9. The van der Waals surface area contributed by atoms with Crippen molar-refractivity contribution >= 4 is 17.5 Å². The number of anilines is 2. The first-order valence-electron chi connectivity index (χ1n) is 7.42. The van der Waals surface area contributed by atoms with Crippen molar-refractivity contribution in [2.45, 2.75) is 19.3 Å². The minimum Gasteiger partial charge on any atom is -0.355 e. The summed E-state index contributed by atoms with van der Waals surface area (Å²) in [4.78, 5) is 18.6. The summed E-state index contributed by atoms with van der Waals surface area (Å²) in [6.45, 7) is 2.47. The molecule has 3 heterocycles. The molecule has 1 aliphatic heterocycles. The van der Waals surface area contributed by atoms with Gasteiger partial charge in [-0.25, -0.2) is 9.78 Å². The van der Waals surface area contributed by atoms with E-state index in [0.29, 0.717) is 13.0 Å². The van der Waals surface area contributed by atoms with Crippen LogP contribution in [-0.2, 0) is 6.42 Å². The van der Waals surface area contributed by atoms with Crippen LogP contribution in [0, 0.1) is 0 Å². The van der Waals surface area contributed by atoms with Crippen molar-refractivity contribution in [3.63, 3.8) is 0 Å². The fourth-order valence-electron chi connectivity index (χ4n) is 2.49. The van der Waals surface area contributed by atoms with Crippen LogP contribution < -0.4 is 15.5 Å². The van der Waals surface area contributed by atoms with Gasteiger partial charge in [0.05, 0.1) is 17.6 Å². The van der Waals surface area contributed by atoms with E-state index in [-0.39, 0.29) is 6.03 Å². The summed E-state index contributed by atoms with van der Waals surface area (Å²) in [7, 11) is 0. The average Bonchev–Trinajstić information content (AvgIpc) is 3.21. The number of H-pyrrole nitrogens is 1. The second-order valence-electron chi connectivity index (χ2n) is 5.16. The van der Waals surface area contributed by atoms with Gasteiger partial charge in [-0.1, -0.05) is 0 Å². The van der Waals surface area contributed by atoms with E-state index in [9.17, 15) is 4.79 Å². The number of nitrogens with zero attached hydrogens (tertiary/aromatic N) is 4. The van der Waals surface area contributed by atoms with E-state index >= 15 is 0 Å². The minimum absolute atomic E-state index is 0.239. The molecule has 0 spiro atoms. The van der Waals surface area contributed by atoms with Gasteiger partial charge in [0.25, 0.3) is 0 Å². The van der Waals surface area contributed by atoms with E-state index in [1.165, 1.54) is 12.8 Å². The summed E-state index contributed by atoms with van der Waals surface area (Å²) in [5.41, 5.74) is 1.56. The van der Waals surface area contributed by atoms with Crippen LogP contribution in [0.5, 0.6) is 0 Å². The number of aromatic amines is 1. The predicted octanol–water partition coefficient (Wildman–Crippen LogP) is 1.16. The number of hydrogen-bond acceptors (Lipinski definition) is 5. The third-order valence-electron chi connectivity index (χ3n) is 3.57. The van der Waals surface area contributed by atoms with Gasteiger partial charge in [0.1, 0.15) is 0 Å². The Kier molecular flexibility index (Phi) is 4.47. The first-order chi connectivity index (χ1) is 10.8. The largest absolute Gasteiger partial charge is 0.355 e. The third kappa shape index (κ3) is 3.51. The predicted molar refractivity (Wildman–Crippen MR) is 82.8 cm³/mol. The van der Waals surface area contributed by atoms with Gasteiger partial charge in [-0.3, -0.25) is 0 Å². The van der Waals surface area contributed by atoms with Crippen molar-refractivity contribution < 1.29 is 4.79 Å². The molecule has 22 heavy (non-hydrogen) atoms. The van der Waals surface area contributed by atoms with Crippen LogP contribution >= 0.6 is 0 Å². The molecule has 1 aliphatic rings. The quantitative estimate of drug-likeness (QED) is 0.770. The second kappa shape index (κ2) is 6.88. The highest BCUT2D eigenvalue weighted by atomic mass is 16.2. The normalized spacial score (nSPS) is 14.1. The summed E-state index contributed by atoms with van der Waals surface area (Å²) in [6, 6.07) is 3.46. The maximum atomic E-state index is 12.0. The molecule has 0 atom stereocenters. The molecular weight excluding hydrogens is 282 g/mol. The van der Waals surface area contributed by atoms with Crippen molar-refractivity contribution in [1.29, 1.82) is 0 Å². The van der Waals surface area contributed by atoms with Crippen LogP contribution in [-0.4, -0.2) is 46.1 Å². The summed E-state index contributed by atoms with van der Waals surface area (Å²) < 4.78 is 0. The van der Waals surface area contributed by atoms with Crippen molar-refractivity contribution in [2.75, 3.05) is 29.9 Å². The van der Waals surface area contributed by atoms with Crippen molar-refractivity contribution in [3.05, 3.63) is 30.2 Å². The van der Waals surface area contributed by atoms with E-state index in [2.05, 4.69) is 35.9 Å². The van der Waals surface area contributed by atoms with Gasteiger partial charge in [-0.05, 0) is 25.0 Å². The first kappa shape index (κ1) is 14.3. The fraction of sp³-hybridized carbons (Fsp3) is 0.429. The molecule has 3 N–H and O–H groups in total. The number of nitrogens with one attached hydrogen (secondary N) is 3. The Hall–Kier alpha value is -2.64. The topological polar surface area (TPSA) is 98.8 Å². The molecule has 2 aromatic rings. The molecule has 8 heteroatoms. The van der Waals surface area contributed by atoms with Crippen LogP contribution in [0.15, 0.2) is 24.5 Å². The number of urea groups is 1. The molecule has 0 saturated carbocycles. The fourth-order valence-corrected chi connectivity index (χ4v) is 2.49. The highest BCUT2D eigenvalue weighted by molar-refractivity contribution is 5.92. The van der Waals surface area contributed by atoms with Gasteiger partial charge < -0.3 is 15.5 Å². The SMILES string of the molecule is O=C(NCCc1cn[nH]n1)Nc1cccnc1N1CCCC1. The lowest BCUT2D eigenvalue weighted by Gasteiger charge is -2.20. The Morgan fingerprint density at radius 2 is 2.23 bits per heavy atom. The highest BCUT2D eigenvalue weighted by Crippen LogP contribution is 2.25. The lowest BCUT2D eigenvalue weighted by molar-refractivity contribution is 0.252. The minimum atomic E-state index is -0.239. The Labute approximate surface area is 128 Å². The zero-order chi connectivity index (χ0) is 15.2. The molecule has 0 radical (unpaired) electrons. The van der Waals surface area contributed by atoms with Crippen LogP contribution in [0.25, 0.3) is 0 Å². The number of hydrogen-bond donors (Lipinski definition) is 3. The highest BCUT2D eigenvalue weighted by Gasteiger charge is 2.17. The summed E-state index contributed by atoms with van der Waals surface area (Å²) in [5.74, 6) is 0.839. The second-order valence-corrected chi connectivity index (χ2v) is 5.16. The van der Waals surface area contributed by atoms with Gasteiger partial charge in [-0.15, -0.1) is 0 Å². The van der Waals surface area contributed by atoms with Crippen molar-refractivity contribution in [2.24, 2.45) is 0 Å². The molecule has 8 nitrogen and oxygen atoms in total. The Bertz CT molecular complexity index is 607. The van der Waals surface area contributed by atoms with Crippen LogP contribution in [0.1, 0.15) is 18.5 Å². The number of aromatic nitrogens is 4. The van der Waals surface area contributed by atoms with E-state index < -0.39 is 0 Å². The molecule has 0 aliphatic carbocycles. The van der Waals surface area contributed by atoms with E-state index in [4.69, 9.17) is 0 Å². The molecule has 2 aromatic heterocycles. The molecule has 3 rings (SSSR count). The lowest BCUT2D eigenvalue weighted by atomic mass is 10.3. The van der Waals surface area contributed by atoms with Gasteiger partial charge in [-0.2, -0.15) is 15.4 Å². The van der Waals surface area contributed by atoms with E-state index in [1.807, 2.05) is 12.1 Å². The molecule has 116 valence electrons. The Morgan fingerprint density at radius 3 is 3.00 bits per heavy atom. The average molecular weight is 301 g/mol. The standard InChI is InChI=1S/C14H19N7O/c22-14(16-7-5-11-10-17-20-19-11)18-12-4-3-6-15-13(12)21-8-1-2-9-21/h3-4,6,10H,1-2,5,7-9H2,(H2,16,18,22)(H,17,19,20). The number of amides is 2. The molecule has 1 saturated heterocycles. The molecular formula is C14H19N7O. The van der Waals surface area contributed by atoms with Gasteiger partial charge in [0, 0.05) is 32.3 Å².